The predicted molar refractivity (Wildman–Crippen MR) is 238 cm³/mol. The van der Waals surface area contributed by atoms with Gasteiger partial charge >= 0.3 is 24.1 Å². The lowest BCUT2D eigenvalue weighted by atomic mass is 9.95. The zero-order valence-corrected chi connectivity index (χ0v) is 39.6. The number of nitrogens with zero attached hydrogens (tertiary/aromatic N) is 1. The molecule has 1 aliphatic heterocycles. The second-order valence-corrected chi connectivity index (χ2v) is 20.5. The largest absolute Gasteiger partial charge is 0.511 e. The van der Waals surface area contributed by atoms with Crippen LogP contribution in [0.3, 0.4) is 0 Å². The van der Waals surface area contributed by atoms with Gasteiger partial charge in [-0.15, -0.1) is 0 Å². The van der Waals surface area contributed by atoms with Crippen molar-refractivity contribution in [2.24, 2.45) is 16.7 Å². The zero-order chi connectivity index (χ0) is 48.0. The number of carbonyl (C=O) groups excluding carboxylic acids is 6. The molecule has 2 atom stereocenters. The summed E-state index contributed by atoms with van der Waals surface area (Å²) in [7, 11) is -3.66. The van der Waals surface area contributed by atoms with Crippen LogP contribution in [0.1, 0.15) is 85.9 Å². The van der Waals surface area contributed by atoms with Gasteiger partial charge in [-0.25, -0.2) is 18.0 Å². The Morgan fingerprint density at radius 3 is 2.12 bits per heavy atom. The van der Waals surface area contributed by atoms with Crippen molar-refractivity contribution in [2.75, 3.05) is 32.6 Å². The van der Waals surface area contributed by atoms with Gasteiger partial charge < -0.3 is 38.3 Å². The number of furan rings is 1. The van der Waals surface area contributed by atoms with Crippen molar-refractivity contribution in [1.82, 2.24) is 10.2 Å². The molecule has 0 saturated carbocycles. The van der Waals surface area contributed by atoms with E-state index in [2.05, 4.69) is 5.32 Å². The quantitative estimate of drug-likeness (QED) is 0.0694. The molecule has 2 unspecified atom stereocenters. The Bertz CT molecular complexity index is 2550. The molecule has 1 aliphatic rings. The van der Waals surface area contributed by atoms with E-state index in [4.69, 9.17) is 51.3 Å². The van der Waals surface area contributed by atoms with E-state index in [1.807, 2.05) is 0 Å². The Labute approximate surface area is 387 Å². The molecule has 1 aromatic heterocycles. The molecule has 350 valence electrons. The minimum Gasteiger partial charge on any atom is -0.465 e. The van der Waals surface area contributed by atoms with Gasteiger partial charge in [0.1, 0.15) is 31.4 Å². The van der Waals surface area contributed by atoms with Crippen LogP contribution in [0, 0.1) is 16.7 Å². The number of benzene rings is 3. The third-order valence-corrected chi connectivity index (χ3v) is 11.9. The molecule has 4 aromatic rings. The first-order valence-corrected chi connectivity index (χ1v) is 23.2. The molecule has 3 aromatic carbocycles. The minimum atomic E-state index is -3.66. The lowest BCUT2D eigenvalue weighted by molar-refractivity contribution is -0.170. The standard InChI is InChI=1S/C46H52Cl2N2O14S/c1-26(64-44(56)62-25-28(23-60-42(54)45(2,3)4)24-61-43(55)46(5,6)7)63-41(53)35(19-27-10-9-11-32(18-27)65(8,57)58)49-39(51)37-34(47)20-31-22-50(16-14-33(31)38(37)48)40(52)30-13-12-29-15-17-59-36(29)21-30/h9-13,15,17-18,20-21,26,28,35H,14,16,19,22-25H2,1-8H3,(H,49,51). The molecule has 0 bridgehead atoms. The first kappa shape index (κ1) is 50.4. The van der Waals surface area contributed by atoms with Crippen molar-refractivity contribution in [2.45, 2.75) is 85.1 Å². The van der Waals surface area contributed by atoms with E-state index in [0.29, 0.717) is 27.8 Å². The molecule has 0 radical (unpaired) electrons. The maximum Gasteiger partial charge on any atom is 0.511 e. The van der Waals surface area contributed by atoms with E-state index < -0.39 is 75.5 Å². The van der Waals surface area contributed by atoms with Crippen molar-refractivity contribution in [1.29, 1.82) is 0 Å². The van der Waals surface area contributed by atoms with Gasteiger partial charge in [-0.05, 0) is 101 Å². The van der Waals surface area contributed by atoms with E-state index >= 15 is 0 Å². The summed E-state index contributed by atoms with van der Waals surface area (Å²) in [5, 5.41) is 3.40. The van der Waals surface area contributed by atoms with Gasteiger partial charge in [0, 0.05) is 43.6 Å². The maximum absolute atomic E-state index is 14.0. The molecule has 0 aliphatic carbocycles. The van der Waals surface area contributed by atoms with E-state index in [1.165, 1.54) is 37.5 Å². The normalized spacial score (nSPS) is 13.9. The number of halogens is 2. The van der Waals surface area contributed by atoms with Crippen LogP contribution < -0.4 is 5.32 Å². The summed E-state index contributed by atoms with van der Waals surface area (Å²) in [4.78, 5) is 80.6. The van der Waals surface area contributed by atoms with Crippen LogP contribution >= 0.6 is 23.2 Å². The van der Waals surface area contributed by atoms with Crippen molar-refractivity contribution >= 4 is 79.9 Å². The zero-order valence-electron chi connectivity index (χ0n) is 37.3. The fourth-order valence-electron chi connectivity index (χ4n) is 6.46. The number of sulfone groups is 1. The number of carbonyl (C=O) groups is 6. The average Bonchev–Trinajstić information content (AvgIpc) is 3.69. The number of rotatable bonds is 15. The number of nitrogens with one attached hydrogen (secondary N) is 1. The summed E-state index contributed by atoms with van der Waals surface area (Å²) >= 11 is 13.5. The number of amides is 2. The third kappa shape index (κ3) is 13.5. The van der Waals surface area contributed by atoms with Gasteiger partial charge in [0.25, 0.3) is 11.8 Å². The van der Waals surface area contributed by atoms with E-state index in [-0.39, 0.29) is 65.6 Å². The second kappa shape index (κ2) is 20.7. The summed E-state index contributed by atoms with van der Waals surface area (Å²) in [6.07, 6.45) is -0.319. The minimum absolute atomic E-state index is 0.0133. The van der Waals surface area contributed by atoms with Gasteiger partial charge in [-0.3, -0.25) is 19.2 Å². The highest BCUT2D eigenvalue weighted by Gasteiger charge is 2.33. The second-order valence-electron chi connectivity index (χ2n) is 17.7. The topological polar surface area (TPSA) is 211 Å². The van der Waals surface area contributed by atoms with Crippen molar-refractivity contribution in [3.63, 3.8) is 0 Å². The number of hydrogen-bond acceptors (Lipinski definition) is 14. The van der Waals surface area contributed by atoms with Gasteiger partial charge in [0.2, 0.25) is 6.29 Å². The van der Waals surface area contributed by atoms with Crippen molar-refractivity contribution < 1.29 is 65.3 Å². The van der Waals surface area contributed by atoms with Gasteiger partial charge in [-0.1, -0.05) is 41.4 Å². The molecule has 0 spiro atoms. The lowest BCUT2D eigenvalue weighted by Gasteiger charge is -2.30. The van der Waals surface area contributed by atoms with Crippen molar-refractivity contribution in [3.05, 3.63) is 98.7 Å². The summed E-state index contributed by atoms with van der Waals surface area (Å²) in [5.41, 5.74) is 0.708. The van der Waals surface area contributed by atoms with E-state index in [9.17, 15) is 37.2 Å². The highest BCUT2D eigenvalue weighted by atomic mass is 35.5. The molecule has 1 N–H and O–H groups in total. The van der Waals surface area contributed by atoms with Gasteiger partial charge in [0.15, 0.2) is 9.84 Å². The Morgan fingerprint density at radius 2 is 1.49 bits per heavy atom. The fraction of sp³-hybridized carbons (Fsp3) is 0.435. The average molecular weight is 960 g/mol. The van der Waals surface area contributed by atoms with Crippen LogP contribution in [0.15, 0.2) is 70.2 Å². The molecular formula is C46H52Cl2N2O14S. The number of ether oxygens (including phenoxy) is 5. The number of hydrogen-bond donors (Lipinski definition) is 1. The summed E-state index contributed by atoms with van der Waals surface area (Å²) < 4.78 is 56.7. The van der Waals surface area contributed by atoms with Crippen LogP contribution in [0.5, 0.6) is 0 Å². The molecule has 0 fully saturated rings. The number of fused-ring (bicyclic) bond motifs is 2. The van der Waals surface area contributed by atoms with Gasteiger partial charge in [-0.2, -0.15) is 0 Å². The van der Waals surface area contributed by atoms with Crippen LogP contribution in [-0.4, -0.2) is 94.1 Å². The Balaban J connectivity index is 1.29. The molecule has 19 heteroatoms. The highest BCUT2D eigenvalue weighted by molar-refractivity contribution is 7.90. The van der Waals surface area contributed by atoms with E-state index in [0.717, 1.165) is 11.6 Å². The lowest BCUT2D eigenvalue weighted by Crippen LogP contribution is -2.45. The predicted octanol–water partition coefficient (Wildman–Crippen LogP) is 7.52. The first-order chi connectivity index (χ1) is 30.3. The van der Waals surface area contributed by atoms with Gasteiger partial charge in [0.05, 0.1) is 43.5 Å². The first-order valence-electron chi connectivity index (χ1n) is 20.6. The summed E-state index contributed by atoms with van der Waals surface area (Å²) in [6, 6.07) is 12.7. The van der Waals surface area contributed by atoms with Crippen LogP contribution in [0.25, 0.3) is 11.0 Å². The molecule has 16 nitrogen and oxygen atoms in total. The smallest absolute Gasteiger partial charge is 0.465 e. The molecule has 2 heterocycles. The Morgan fingerprint density at radius 1 is 0.846 bits per heavy atom. The summed E-state index contributed by atoms with van der Waals surface area (Å²) in [5.74, 6) is -4.04. The monoisotopic (exact) mass is 958 g/mol. The van der Waals surface area contributed by atoms with Crippen molar-refractivity contribution in [3.8, 4) is 0 Å². The molecule has 65 heavy (non-hydrogen) atoms. The third-order valence-electron chi connectivity index (χ3n) is 10.1. The van der Waals surface area contributed by atoms with Crippen LogP contribution in [0.2, 0.25) is 10.0 Å². The van der Waals surface area contributed by atoms with E-state index in [1.54, 1.807) is 76.8 Å². The molecule has 2 amide bonds. The highest BCUT2D eigenvalue weighted by Crippen LogP contribution is 2.35. The van der Waals surface area contributed by atoms with Crippen LogP contribution in [-0.2, 0) is 67.3 Å². The SMILES string of the molecule is CC(OC(=O)OCC(COC(=O)C(C)(C)C)COC(=O)C(C)(C)C)OC(=O)C(Cc1cccc(S(C)(=O)=O)c1)NC(=O)c1c(Cl)cc2c(c1Cl)CCN(C(=O)c1ccc3ccoc3c1)C2. The molecule has 5 rings (SSSR count). The Hall–Kier alpha value is -5.65. The fourth-order valence-corrected chi connectivity index (χ4v) is 7.91. The Kier molecular flexibility index (Phi) is 16.0. The van der Waals surface area contributed by atoms with Crippen LogP contribution in [0.4, 0.5) is 4.79 Å². The number of esters is 3. The molecule has 0 saturated heterocycles. The summed E-state index contributed by atoms with van der Waals surface area (Å²) in [6.45, 7) is 10.7. The molecular weight excluding hydrogens is 907 g/mol. The maximum atomic E-state index is 14.0.